The average Bonchev–Trinajstić information content (AvgIpc) is 2.60. The quantitative estimate of drug-likeness (QED) is 0.369. The highest BCUT2D eigenvalue weighted by Crippen LogP contribution is 2.11. The van der Waals surface area contributed by atoms with Crippen molar-refractivity contribution in [1.29, 1.82) is 0 Å². The first kappa shape index (κ1) is 19.3. The van der Waals surface area contributed by atoms with Gasteiger partial charge in [0.25, 0.3) is 0 Å². The lowest BCUT2D eigenvalue weighted by atomic mass is 10.2. The molecule has 0 aromatic heterocycles. The molecule has 1 aromatic rings. The molecule has 0 saturated carbocycles. The zero-order valence-electron chi connectivity index (χ0n) is 14.4. The number of benzene rings is 1. The van der Waals surface area contributed by atoms with Gasteiger partial charge in [-0.05, 0) is 31.0 Å². The van der Waals surface area contributed by atoms with Gasteiger partial charge >= 0.3 is 0 Å². The Morgan fingerprint density at radius 2 is 1.78 bits per heavy atom. The first-order valence-electron chi connectivity index (χ1n) is 8.03. The zero-order valence-corrected chi connectivity index (χ0v) is 14.4. The van der Waals surface area contributed by atoms with Gasteiger partial charge in [0.05, 0.1) is 20.3 Å². The average molecular weight is 323 g/mol. The number of hydrogen-bond donors (Lipinski definition) is 2. The highest BCUT2D eigenvalue weighted by molar-refractivity contribution is 5.79. The van der Waals surface area contributed by atoms with Crippen molar-refractivity contribution in [2.45, 2.75) is 20.0 Å². The standard InChI is InChI=1S/C17H29N3O3/c1-4-22-13-11-20-17(18-2)19-10-5-12-23-14-15-6-8-16(21-3)9-7-15/h6-9H,4-5,10-14H2,1-3H3,(H2,18,19,20). The second kappa shape index (κ2) is 12.7. The SMILES string of the molecule is CCOCCNC(=NC)NCCCOCc1ccc(OC)cc1. The molecular weight excluding hydrogens is 294 g/mol. The van der Waals surface area contributed by atoms with Gasteiger partial charge < -0.3 is 24.8 Å². The van der Waals surface area contributed by atoms with Crippen molar-refractivity contribution in [3.05, 3.63) is 29.8 Å². The number of guanidine groups is 1. The summed E-state index contributed by atoms with van der Waals surface area (Å²) >= 11 is 0. The first-order valence-corrected chi connectivity index (χ1v) is 8.03. The fourth-order valence-corrected chi connectivity index (χ4v) is 1.90. The molecule has 0 saturated heterocycles. The molecule has 0 fully saturated rings. The summed E-state index contributed by atoms with van der Waals surface area (Å²) in [5, 5.41) is 6.44. The molecule has 0 spiro atoms. The molecule has 0 heterocycles. The normalized spacial score (nSPS) is 11.3. The number of aliphatic imine (C=N–C) groups is 1. The Kier molecular flexibility index (Phi) is 10.7. The Hall–Kier alpha value is -1.79. The Balaban J connectivity index is 2.05. The summed E-state index contributed by atoms with van der Waals surface area (Å²) in [7, 11) is 3.42. The Morgan fingerprint density at radius 3 is 2.43 bits per heavy atom. The maximum Gasteiger partial charge on any atom is 0.191 e. The van der Waals surface area contributed by atoms with E-state index in [2.05, 4.69) is 15.6 Å². The van der Waals surface area contributed by atoms with Gasteiger partial charge in [0.2, 0.25) is 0 Å². The molecule has 23 heavy (non-hydrogen) atoms. The summed E-state index contributed by atoms with van der Waals surface area (Å²) in [6, 6.07) is 7.92. The van der Waals surface area contributed by atoms with Crippen LogP contribution in [0.15, 0.2) is 29.3 Å². The topological polar surface area (TPSA) is 64.1 Å². The molecule has 130 valence electrons. The van der Waals surface area contributed by atoms with Crippen molar-refractivity contribution in [3.8, 4) is 5.75 Å². The number of methoxy groups -OCH3 is 1. The number of hydrogen-bond acceptors (Lipinski definition) is 4. The van der Waals surface area contributed by atoms with Crippen molar-refractivity contribution < 1.29 is 14.2 Å². The zero-order chi connectivity index (χ0) is 16.8. The highest BCUT2D eigenvalue weighted by Gasteiger charge is 1.98. The van der Waals surface area contributed by atoms with Crippen molar-refractivity contribution in [1.82, 2.24) is 10.6 Å². The van der Waals surface area contributed by atoms with E-state index in [1.54, 1.807) is 14.2 Å². The van der Waals surface area contributed by atoms with E-state index in [0.29, 0.717) is 19.8 Å². The minimum atomic E-state index is 0.616. The van der Waals surface area contributed by atoms with E-state index < -0.39 is 0 Å². The van der Waals surface area contributed by atoms with Gasteiger partial charge in [-0.1, -0.05) is 12.1 Å². The van der Waals surface area contributed by atoms with Crippen molar-refractivity contribution in [2.75, 3.05) is 47.1 Å². The smallest absolute Gasteiger partial charge is 0.191 e. The molecule has 0 aliphatic heterocycles. The van der Waals surface area contributed by atoms with Crippen molar-refractivity contribution in [2.24, 2.45) is 4.99 Å². The summed E-state index contributed by atoms with van der Waals surface area (Å²) in [4.78, 5) is 4.15. The minimum absolute atomic E-state index is 0.616. The van der Waals surface area contributed by atoms with Gasteiger partial charge in [-0.2, -0.15) is 0 Å². The summed E-state index contributed by atoms with van der Waals surface area (Å²) in [6.07, 6.45) is 0.919. The fourth-order valence-electron chi connectivity index (χ4n) is 1.90. The molecule has 0 aliphatic rings. The van der Waals surface area contributed by atoms with E-state index in [4.69, 9.17) is 14.2 Å². The van der Waals surface area contributed by atoms with E-state index in [-0.39, 0.29) is 0 Å². The van der Waals surface area contributed by atoms with Crippen molar-refractivity contribution >= 4 is 5.96 Å². The Labute approximate surface area is 139 Å². The molecule has 0 bridgehead atoms. The van der Waals surface area contributed by atoms with Crippen LogP contribution in [0.25, 0.3) is 0 Å². The molecule has 2 N–H and O–H groups in total. The van der Waals surface area contributed by atoms with Crippen LogP contribution >= 0.6 is 0 Å². The summed E-state index contributed by atoms with van der Waals surface area (Å²) < 4.78 is 16.1. The molecule has 0 amide bonds. The number of nitrogens with one attached hydrogen (secondary N) is 2. The molecule has 6 nitrogen and oxygen atoms in total. The van der Waals surface area contributed by atoms with Gasteiger partial charge in [0.15, 0.2) is 5.96 Å². The first-order chi connectivity index (χ1) is 11.3. The predicted octanol–water partition coefficient (Wildman–Crippen LogP) is 1.80. The Bertz CT molecular complexity index is 435. The van der Waals surface area contributed by atoms with E-state index in [9.17, 15) is 0 Å². The second-order valence-electron chi connectivity index (χ2n) is 4.88. The number of rotatable bonds is 11. The van der Waals surface area contributed by atoms with Gasteiger partial charge in [-0.15, -0.1) is 0 Å². The van der Waals surface area contributed by atoms with Crippen LogP contribution in [-0.4, -0.2) is 53.0 Å². The molecule has 0 aliphatic carbocycles. The van der Waals surface area contributed by atoms with Crippen LogP contribution in [0.3, 0.4) is 0 Å². The van der Waals surface area contributed by atoms with Crippen LogP contribution in [0.5, 0.6) is 5.75 Å². The van der Waals surface area contributed by atoms with E-state index in [1.165, 1.54) is 0 Å². The van der Waals surface area contributed by atoms with Gasteiger partial charge in [0, 0.05) is 33.4 Å². The largest absolute Gasteiger partial charge is 0.497 e. The maximum absolute atomic E-state index is 5.66. The number of ether oxygens (including phenoxy) is 3. The lowest BCUT2D eigenvalue weighted by Crippen LogP contribution is -2.39. The number of nitrogens with zero attached hydrogens (tertiary/aromatic N) is 1. The molecule has 0 unspecified atom stereocenters. The van der Waals surface area contributed by atoms with Gasteiger partial charge in [-0.25, -0.2) is 0 Å². The van der Waals surface area contributed by atoms with E-state index in [1.807, 2.05) is 31.2 Å². The maximum atomic E-state index is 5.66. The van der Waals surface area contributed by atoms with Crippen LogP contribution < -0.4 is 15.4 Å². The van der Waals surface area contributed by atoms with E-state index >= 15 is 0 Å². The van der Waals surface area contributed by atoms with Crippen LogP contribution in [0.2, 0.25) is 0 Å². The molecule has 0 radical (unpaired) electrons. The molecule has 1 rings (SSSR count). The third-order valence-corrected chi connectivity index (χ3v) is 3.15. The minimum Gasteiger partial charge on any atom is -0.497 e. The van der Waals surface area contributed by atoms with Crippen molar-refractivity contribution in [3.63, 3.8) is 0 Å². The van der Waals surface area contributed by atoms with Crippen LogP contribution in [0.4, 0.5) is 0 Å². The third kappa shape index (κ3) is 9.05. The molecule has 1 aromatic carbocycles. The van der Waals surface area contributed by atoms with Gasteiger partial charge in [-0.3, -0.25) is 4.99 Å². The lowest BCUT2D eigenvalue weighted by molar-refractivity contribution is 0.119. The Morgan fingerprint density at radius 1 is 1.04 bits per heavy atom. The van der Waals surface area contributed by atoms with Gasteiger partial charge in [0.1, 0.15) is 5.75 Å². The fraction of sp³-hybridized carbons (Fsp3) is 0.588. The highest BCUT2D eigenvalue weighted by atomic mass is 16.5. The predicted molar refractivity (Wildman–Crippen MR) is 93.1 cm³/mol. The molecule has 6 heteroatoms. The second-order valence-corrected chi connectivity index (χ2v) is 4.88. The van der Waals surface area contributed by atoms with Crippen LogP contribution in [-0.2, 0) is 16.1 Å². The third-order valence-electron chi connectivity index (χ3n) is 3.15. The lowest BCUT2D eigenvalue weighted by Gasteiger charge is -2.12. The summed E-state index contributed by atoms with van der Waals surface area (Å²) in [5.74, 6) is 1.65. The summed E-state index contributed by atoms with van der Waals surface area (Å²) in [6.45, 7) is 6.29. The molecule has 0 atom stereocenters. The molecular formula is C17H29N3O3. The van der Waals surface area contributed by atoms with Crippen LogP contribution in [0.1, 0.15) is 18.9 Å². The van der Waals surface area contributed by atoms with Crippen LogP contribution in [0, 0.1) is 0 Å². The van der Waals surface area contributed by atoms with E-state index in [0.717, 1.165) is 43.4 Å². The summed E-state index contributed by atoms with van der Waals surface area (Å²) in [5.41, 5.74) is 1.15. The monoisotopic (exact) mass is 323 g/mol.